The summed E-state index contributed by atoms with van der Waals surface area (Å²) in [5, 5.41) is 0. The third kappa shape index (κ3) is 6.86. The molecule has 29 heavy (non-hydrogen) atoms. The summed E-state index contributed by atoms with van der Waals surface area (Å²) < 4.78 is 0. The van der Waals surface area contributed by atoms with E-state index in [9.17, 15) is 0 Å². The normalized spacial score (nSPS) is 30.4. The highest BCUT2D eigenvalue weighted by molar-refractivity contribution is 5.26. The maximum atomic E-state index is 2.54. The van der Waals surface area contributed by atoms with Crippen molar-refractivity contribution in [3.05, 3.63) is 35.4 Å². The van der Waals surface area contributed by atoms with Gasteiger partial charge in [-0.3, -0.25) is 0 Å². The fraction of sp³-hybridized carbons (Fsp3) is 0.793. The first-order valence-corrected chi connectivity index (χ1v) is 13.3. The molecule has 0 bridgehead atoms. The molecule has 3 unspecified atom stereocenters. The molecule has 2 aliphatic carbocycles. The second-order valence-corrected chi connectivity index (χ2v) is 10.6. The van der Waals surface area contributed by atoms with Gasteiger partial charge in [0.2, 0.25) is 0 Å². The molecule has 0 aliphatic heterocycles. The Morgan fingerprint density at radius 2 is 1.38 bits per heavy atom. The van der Waals surface area contributed by atoms with E-state index in [0.717, 1.165) is 29.6 Å². The first kappa shape index (κ1) is 22.9. The van der Waals surface area contributed by atoms with Gasteiger partial charge in [0.1, 0.15) is 0 Å². The zero-order chi connectivity index (χ0) is 20.5. The lowest BCUT2D eigenvalue weighted by molar-refractivity contribution is 0.130. The van der Waals surface area contributed by atoms with Gasteiger partial charge in [0, 0.05) is 0 Å². The Bertz CT molecular complexity index is 548. The summed E-state index contributed by atoms with van der Waals surface area (Å²) in [7, 11) is 0. The molecule has 2 aliphatic rings. The van der Waals surface area contributed by atoms with Crippen LogP contribution in [0.1, 0.15) is 128 Å². The highest BCUT2D eigenvalue weighted by atomic mass is 14.4. The first-order chi connectivity index (χ1) is 14.2. The molecule has 0 nitrogen and oxygen atoms in total. The zero-order valence-corrected chi connectivity index (χ0v) is 19.8. The third-order valence-corrected chi connectivity index (χ3v) is 8.46. The Hall–Kier alpha value is -0.780. The average molecular weight is 397 g/mol. The van der Waals surface area contributed by atoms with Crippen LogP contribution in [0.4, 0.5) is 0 Å². The first-order valence-electron chi connectivity index (χ1n) is 13.3. The van der Waals surface area contributed by atoms with Gasteiger partial charge >= 0.3 is 0 Å². The lowest BCUT2D eigenvalue weighted by Crippen LogP contribution is -2.29. The van der Waals surface area contributed by atoms with E-state index in [-0.39, 0.29) is 0 Å². The molecule has 1 aromatic carbocycles. The van der Waals surface area contributed by atoms with E-state index >= 15 is 0 Å². The number of benzene rings is 1. The minimum absolute atomic E-state index is 0.807. The highest BCUT2D eigenvalue weighted by Gasteiger charge is 2.34. The van der Waals surface area contributed by atoms with Crippen molar-refractivity contribution in [3.8, 4) is 0 Å². The van der Waals surface area contributed by atoms with E-state index in [1.807, 2.05) is 0 Å². The molecule has 0 heterocycles. The van der Waals surface area contributed by atoms with Gasteiger partial charge in [-0.25, -0.2) is 0 Å². The largest absolute Gasteiger partial charge is 0.0654 e. The van der Waals surface area contributed by atoms with Gasteiger partial charge in [0.15, 0.2) is 0 Å². The fourth-order valence-corrected chi connectivity index (χ4v) is 6.50. The molecule has 0 spiro atoms. The van der Waals surface area contributed by atoms with E-state index in [1.165, 1.54) is 96.3 Å². The molecule has 0 amide bonds. The summed E-state index contributed by atoms with van der Waals surface area (Å²) >= 11 is 0. The maximum Gasteiger partial charge on any atom is -0.0136 e. The van der Waals surface area contributed by atoms with Crippen LogP contribution >= 0.6 is 0 Å². The summed E-state index contributed by atoms with van der Waals surface area (Å²) in [6, 6.07) is 9.77. The monoisotopic (exact) mass is 396 g/mol. The van der Waals surface area contributed by atoms with Crippen molar-refractivity contribution in [1.82, 2.24) is 0 Å². The molecule has 0 heteroatoms. The van der Waals surface area contributed by atoms with Crippen LogP contribution in [0.2, 0.25) is 0 Å². The minimum atomic E-state index is 0.807. The van der Waals surface area contributed by atoms with E-state index < -0.39 is 0 Å². The van der Waals surface area contributed by atoms with Gasteiger partial charge in [-0.15, -0.1) is 0 Å². The van der Waals surface area contributed by atoms with Gasteiger partial charge in [-0.1, -0.05) is 96.4 Å². The van der Waals surface area contributed by atoms with E-state index in [2.05, 4.69) is 45.0 Å². The molecule has 1 aromatic rings. The Labute approximate surface area is 182 Å². The Morgan fingerprint density at radius 1 is 0.724 bits per heavy atom. The number of rotatable bonds is 10. The summed E-state index contributed by atoms with van der Waals surface area (Å²) in [4.78, 5) is 0. The van der Waals surface area contributed by atoms with Crippen molar-refractivity contribution >= 4 is 0 Å². The van der Waals surface area contributed by atoms with Crippen LogP contribution in [0.25, 0.3) is 0 Å². The molecule has 2 saturated carbocycles. The van der Waals surface area contributed by atoms with Gasteiger partial charge in [0.25, 0.3) is 0 Å². The lowest BCUT2D eigenvalue weighted by atomic mass is 9.64. The predicted octanol–water partition coefficient (Wildman–Crippen LogP) is 9.33. The number of hydrogen-bond donors (Lipinski definition) is 0. The topological polar surface area (TPSA) is 0 Å². The summed E-state index contributed by atoms with van der Waals surface area (Å²) in [5.41, 5.74) is 3.16. The standard InChI is InChI=1S/C29H48/c1-4-6-8-10-24-12-16-26(17-13-24)28-20-21-29(23(3)22-28)27-18-14-25(15-19-27)11-9-7-5-2/h14-15,18-19,23-24,26,28-29H,4-13,16-17,20-22H2,1-3H3/t23?,24-,26-,28?,29?. The lowest BCUT2D eigenvalue weighted by Gasteiger charge is -2.41. The Morgan fingerprint density at radius 3 is 2.03 bits per heavy atom. The van der Waals surface area contributed by atoms with Crippen molar-refractivity contribution in [1.29, 1.82) is 0 Å². The van der Waals surface area contributed by atoms with Crippen molar-refractivity contribution in [2.45, 2.75) is 123 Å². The van der Waals surface area contributed by atoms with Crippen molar-refractivity contribution in [2.24, 2.45) is 23.7 Å². The highest BCUT2D eigenvalue weighted by Crippen LogP contribution is 2.47. The molecule has 0 N–H and O–H groups in total. The number of unbranched alkanes of at least 4 members (excludes halogenated alkanes) is 4. The summed E-state index contributed by atoms with van der Waals surface area (Å²) in [6.07, 6.45) is 21.6. The van der Waals surface area contributed by atoms with E-state index in [1.54, 1.807) is 11.1 Å². The van der Waals surface area contributed by atoms with Crippen molar-refractivity contribution < 1.29 is 0 Å². The minimum Gasteiger partial charge on any atom is -0.0654 e. The predicted molar refractivity (Wildman–Crippen MR) is 129 cm³/mol. The third-order valence-electron chi connectivity index (χ3n) is 8.46. The molecular formula is C29H48. The van der Waals surface area contributed by atoms with Crippen LogP contribution in [-0.2, 0) is 6.42 Å². The van der Waals surface area contributed by atoms with Crippen molar-refractivity contribution in [3.63, 3.8) is 0 Å². The second kappa shape index (κ2) is 12.2. The number of aryl methyl sites for hydroxylation is 1. The van der Waals surface area contributed by atoms with Crippen LogP contribution in [0.5, 0.6) is 0 Å². The summed E-state index contributed by atoms with van der Waals surface area (Å²) in [6.45, 7) is 7.17. The zero-order valence-electron chi connectivity index (χ0n) is 19.8. The van der Waals surface area contributed by atoms with Gasteiger partial charge in [0.05, 0.1) is 0 Å². The van der Waals surface area contributed by atoms with Crippen LogP contribution in [0.15, 0.2) is 24.3 Å². The van der Waals surface area contributed by atoms with E-state index in [0.29, 0.717) is 0 Å². The van der Waals surface area contributed by atoms with Gasteiger partial charge in [-0.2, -0.15) is 0 Å². The average Bonchev–Trinajstić information content (AvgIpc) is 2.75. The van der Waals surface area contributed by atoms with Crippen LogP contribution in [0, 0.1) is 23.7 Å². The molecule has 3 atom stereocenters. The fourth-order valence-electron chi connectivity index (χ4n) is 6.50. The van der Waals surface area contributed by atoms with Crippen LogP contribution in [-0.4, -0.2) is 0 Å². The maximum absolute atomic E-state index is 2.54. The van der Waals surface area contributed by atoms with Crippen LogP contribution in [0.3, 0.4) is 0 Å². The molecule has 164 valence electrons. The molecule has 3 rings (SSSR count). The quantitative estimate of drug-likeness (QED) is 0.345. The Balaban J connectivity index is 1.43. The smallest absolute Gasteiger partial charge is 0.0136 e. The van der Waals surface area contributed by atoms with E-state index in [4.69, 9.17) is 0 Å². The molecule has 0 saturated heterocycles. The Kier molecular flexibility index (Phi) is 9.60. The molecule has 0 radical (unpaired) electrons. The van der Waals surface area contributed by atoms with Gasteiger partial charge < -0.3 is 0 Å². The van der Waals surface area contributed by atoms with Crippen molar-refractivity contribution in [2.75, 3.05) is 0 Å². The summed E-state index contributed by atoms with van der Waals surface area (Å²) in [5.74, 6) is 4.79. The molecule has 0 aromatic heterocycles. The second-order valence-electron chi connectivity index (χ2n) is 10.6. The number of hydrogen-bond acceptors (Lipinski definition) is 0. The molecule has 2 fully saturated rings. The molecular weight excluding hydrogens is 348 g/mol. The van der Waals surface area contributed by atoms with Crippen LogP contribution < -0.4 is 0 Å². The van der Waals surface area contributed by atoms with Gasteiger partial charge in [-0.05, 0) is 85.7 Å². The SMILES string of the molecule is CCCCCc1ccc(C2CCC([C@H]3CC[C@H](CCCCC)CC3)CC2C)cc1.